The minimum atomic E-state index is -0.141. The quantitative estimate of drug-likeness (QED) is 0.824. The van der Waals surface area contributed by atoms with Gasteiger partial charge in [-0.1, -0.05) is 41.6 Å². The molecule has 0 bridgehead atoms. The van der Waals surface area contributed by atoms with Crippen molar-refractivity contribution in [3.63, 3.8) is 0 Å². The third-order valence-corrected chi connectivity index (χ3v) is 5.32. The number of rotatable bonds is 3. The van der Waals surface area contributed by atoms with Crippen LogP contribution in [0.5, 0.6) is 0 Å². The van der Waals surface area contributed by atoms with Crippen molar-refractivity contribution in [1.82, 2.24) is 5.32 Å². The lowest BCUT2D eigenvalue weighted by molar-refractivity contribution is -0.112. The van der Waals surface area contributed by atoms with Crippen LogP contribution in [0.15, 0.2) is 52.3 Å². The van der Waals surface area contributed by atoms with Gasteiger partial charge < -0.3 is 10.6 Å². The zero-order valence-electron chi connectivity index (χ0n) is 13.8. The van der Waals surface area contributed by atoms with Gasteiger partial charge in [0.25, 0.3) is 11.8 Å². The summed E-state index contributed by atoms with van der Waals surface area (Å²) in [6.45, 7) is 2.03. The van der Waals surface area contributed by atoms with Crippen molar-refractivity contribution in [1.29, 1.82) is 0 Å². The summed E-state index contributed by atoms with van der Waals surface area (Å²) in [7, 11) is 0. The molecule has 4 rings (SSSR count). The van der Waals surface area contributed by atoms with Gasteiger partial charge >= 0.3 is 0 Å². The fraction of sp³-hybridized carbons (Fsp3) is 0.200. The SMILES string of the molecule is Cc1ccc(/C=C2/Sc3ccc(C(=O)NC4CC4)cc3NC2=O)cc1. The Bertz CT molecular complexity index is 883. The third kappa shape index (κ3) is 3.61. The van der Waals surface area contributed by atoms with Gasteiger partial charge in [-0.05, 0) is 49.6 Å². The van der Waals surface area contributed by atoms with E-state index in [9.17, 15) is 9.59 Å². The molecule has 1 aliphatic carbocycles. The van der Waals surface area contributed by atoms with Crippen molar-refractivity contribution in [3.05, 3.63) is 64.1 Å². The standard InChI is InChI=1S/C20H18N2O2S/c1-12-2-4-13(5-3-12)10-18-20(24)22-16-11-14(6-9-17(16)25-18)19(23)21-15-7-8-15/h2-6,9-11,15H,7-8H2,1H3,(H,21,23)(H,22,24)/b18-10+. The Morgan fingerprint density at radius 3 is 2.68 bits per heavy atom. The molecule has 2 aromatic carbocycles. The summed E-state index contributed by atoms with van der Waals surface area (Å²) in [5.74, 6) is -0.219. The Kier molecular flexibility index (Phi) is 4.09. The second kappa shape index (κ2) is 6.41. The highest BCUT2D eigenvalue weighted by molar-refractivity contribution is 8.04. The molecule has 1 fully saturated rings. The Balaban J connectivity index is 1.57. The van der Waals surface area contributed by atoms with E-state index in [2.05, 4.69) is 10.6 Å². The minimum absolute atomic E-state index is 0.0782. The molecule has 0 radical (unpaired) electrons. The molecule has 2 aliphatic rings. The Labute approximate surface area is 150 Å². The van der Waals surface area contributed by atoms with Crippen LogP contribution in [0.25, 0.3) is 6.08 Å². The monoisotopic (exact) mass is 350 g/mol. The van der Waals surface area contributed by atoms with Crippen LogP contribution < -0.4 is 10.6 Å². The van der Waals surface area contributed by atoms with Crippen LogP contribution in [-0.2, 0) is 4.79 Å². The van der Waals surface area contributed by atoms with Crippen LogP contribution in [0.3, 0.4) is 0 Å². The predicted octanol–water partition coefficient (Wildman–Crippen LogP) is 3.97. The second-order valence-corrected chi connectivity index (χ2v) is 7.52. The van der Waals surface area contributed by atoms with E-state index in [1.54, 1.807) is 6.07 Å². The predicted molar refractivity (Wildman–Crippen MR) is 101 cm³/mol. The summed E-state index contributed by atoms with van der Waals surface area (Å²) in [5.41, 5.74) is 3.45. The number of hydrogen-bond donors (Lipinski definition) is 2. The first-order valence-electron chi connectivity index (χ1n) is 8.31. The van der Waals surface area contributed by atoms with Gasteiger partial charge in [0, 0.05) is 16.5 Å². The number of aryl methyl sites for hydroxylation is 1. The zero-order valence-corrected chi connectivity index (χ0v) is 14.7. The maximum atomic E-state index is 12.4. The molecule has 0 aromatic heterocycles. The highest BCUT2D eigenvalue weighted by Crippen LogP contribution is 2.39. The van der Waals surface area contributed by atoms with Gasteiger partial charge in [0.2, 0.25) is 0 Å². The molecule has 2 amide bonds. The van der Waals surface area contributed by atoms with Crippen LogP contribution in [0.1, 0.15) is 34.3 Å². The summed E-state index contributed by atoms with van der Waals surface area (Å²) in [4.78, 5) is 26.1. The average molecular weight is 350 g/mol. The molecule has 25 heavy (non-hydrogen) atoms. The molecule has 2 N–H and O–H groups in total. The van der Waals surface area contributed by atoms with Gasteiger partial charge in [0.05, 0.1) is 10.6 Å². The largest absolute Gasteiger partial charge is 0.349 e. The molecule has 4 nitrogen and oxygen atoms in total. The van der Waals surface area contributed by atoms with E-state index >= 15 is 0 Å². The molecule has 126 valence electrons. The first-order chi connectivity index (χ1) is 12.1. The molecule has 2 aromatic rings. The maximum Gasteiger partial charge on any atom is 0.262 e. The van der Waals surface area contributed by atoms with Crippen LogP contribution in [0.2, 0.25) is 0 Å². The summed E-state index contributed by atoms with van der Waals surface area (Å²) >= 11 is 1.43. The molecule has 1 aliphatic heterocycles. The fourth-order valence-electron chi connectivity index (χ4n) is 2.61. The fourth-order valence-corrected chi connectivity index (χ4v) is 3.54. The highest BCUT2D eigenvalue weighted by atomic mass is 32.2. The van der Waals surface area contributed by atoms with Crippen LogP contribution >= 0.6 is 11.8 Å². The smallest absolute Gasteiger partial charge is 0.262 e. The lowest BCUT2D eigenvalue weighted by atomic mass is 10.1. The molecule has 1 saturated carbocycles. The number of carbonyl (C=O) groups is 2. The van der Waals surface area contributed by atoms with Gasteiger partial charge in [-0.15, -0.1) is 0 Å². The van der Waals surface area contributed by atoms with Crippen molar-refractivity contribution in [3.8, 4) is 0 Å². The lowest BCUT2D eigenvalue weighted by Crippen LogP contribution is -2.26. The molecule has 1 heterocycles. The Hall–Kier alpha value is -2.53. The van der Waals surface area contributed by atoms with Gasteiger partial charge in [0.15, 0.2) is 0 Å². The van der Waals surface area contributed by atoms with Gasteiger partial charge in [0.1, 0.15) is 0 Å². The summed E-state index contributed by atoms with van der Waals surface area (Å²) in [6, 6.07) is 13.8. The number of fused-ring (bicyclic) bond motifs is 1. The van der Waals surface area contributed by atoms with Gasteiger partial charge in [-0.25, -0.2) is 0 Å². The maximum absolute atomic E-state index is 12.4. The van der Waals surface area contributed by atoms with E-state index < -0.39 is 0 Å². The summed E-state index contributed by atoms with van der Waals surface area (Å²) < 4.78 is 0. The van der Waals surface area contributed by atoms with Crippen LogP contribution in [0.4, 0.5) is 5.69 Å². The lowest BCUT2D eigenvalue weighted by Gasteiger charge is -2.19. The molecular weight excluding hydrogens is 332 g/mol. The molecule has 0 unspecified atom stereocenters. The molecule has 0 atom stereocenters. The molecule has 5 heteroatoms. The number of hydrogen-bond acceptors (Lipinski definition) is 3. The van der Waals surface area contributed by atoms with Crippen molar-refractivity contribution in [2.45, 2.75) is 30.7 Å². The molecule has 0 spiro atoms. The van der Waals surface area contributed by atoms with Crippen molar-refractivity contribution >= 4 is 35.3 Å². The van der Waals surface area contributed by atoms with E-state index in [4.69, 9.17) is 0 Å². The van der Waals surface area contributed by atoms with Crippen molar-refractivity contribution in [2.24, 2.45) is 0 Å². The number of carbonyl (C=O) groups excluding carboxylic acids is 2. The van der Waals surface area contributed by atoms with Crippen molar-refractivity contribution < 1.29 is 9.59 Å². The normalized spacial score (nSPS) is 17.8. The van der Waals surface area contributed by atoms with Gasteiger partial charge in [-0.3, -0.25) is 9.59 Å². The Morgan fingerprint density at radius 1 is 1.20 bits per heavy atom. The van der Waals surface area contributed by atoms with E-state index in [1.807, 2.05) is 49.4 Å². The van der Waals surface area contributed by atoms with E-state index in [0.717, 1.165) is 23.3 Å². The average Bonchev–Trinajstić information content (AvgIpc) is 3.41. The van der Waals surface area contributed by atoms with E-state index in [-0.39, 0.29) is 11.8 Å². The van der Waals surface area contributed by atoms with Gasteiger partial charge in [-0.2, -0.15) is 0 Å². The number of amides is 2. The molecule has 0 saturated heterocycles. The van der Waals surface area contributed by atoms with Crippen LogP contribution in [0, 0.1) is 6.92 Å². The number of anilines is 1. The number of thioether (sulfide) groups is 1. The first-order valence-corrected chi connectivity index (χ1v) is 9.12. The molecular formula is C20H18N2O2S. The number of nitrogens with one attached hydrogen (secondary N) is 2. The summed E-state index contributed by atoms with van der Waals surface area (Å²) in [6.07, 6.45) is 3.99. The highest BCUT2D eigenvalue weighted by Gasteiger charge is 2.25. The zero-order chi connectivity index (χ0) is 17.4. The van der Waals surface area contributed by atoms with Crippen LogP contribution in [-0.4, -0.2) is 17.9 Å². The number of benzene rings is 2. The topological polar surface area (TPSA) is 58.2 Å². The van der Waals surface area contributed by atoms with E-state index in [1.165, 1.54) is 17.3 Å². The first kappa shape index (κ1) is 16.0. The second-order valence-electron chi connectivity index (χ2n) is 6.43. The van der Waals surface area contributed by atoms with E-state index in [0.29, 0.717) is 22.2 Å². The Morgan fingerprint density at radius 2 is 1.96 bits per heavy atom. The van der Waals surface area contributed by atoms with Crippen molar-refractivity contribution in [2.75, 3.05) is 5.32 Å². The third-order valence-electron chi connectivity index (χ3n) is 4.22. The minimum Gasteiger partial charge on any atom is -0.349 e. The summed E-state index contributed by atoms with van der Waals surface area (Å²) in [5, 5.41) is 5.86.